The van der Waals surface area contributed by atoms with Gasteiger partial charge in [0.25, 0.3) is 0 Å². The van der Waals surface area contributed by atoms with E-state index in [-0.39, 0.29) is 47.7 Å². The first kappa shape index (κ1) is 30.1. The Bertz CT molecular complexity index is 1860. The number of likely N-dealkylation sites (tertiary alicyclic amines) is 1. The second kappa shape index (κ2) is 10.8. The highest BCUT2D eigenvalue weighted by Crippen LogP contribution is 2.63. The van der Waals surface area contributed by atoms with Crippen LogP contribution in [-0.4, -0.2) is 45.3 Å². The second-order valence-electron chi connectivity index (χ2n) is 12.7. The molecule has 4 amide bonds. The van der Waals surface area contributed by atoms with Gasteiger partial charge >= 0.3 is 0 Å². The zero-order chi connectivity index (χ0) is 32.7. The van der Waals surface area contributed by atoms with E-state index in [2.05, 4.69) is 0 Å². The Balaban J connectivity index is 1.29. The van der Waals surface area contributed by atoms with Gasteiger partial charge in [0.05, 0.1) is 33.9 Å². The molecule has 2 saturated heterocycles. The lowest BCUT2D eigenvalue weighted by Crippen LogP contribution is -2.48. The monoisotopic (exact) mass is 646 g/mol. The van der Waals surface area contributed by atoms with Gasteiger partial charge in [0.1, 0.15) is 11.6 Å². The number of carbonyl (C=O) groups is 4. The SMILES string of the molecule is CC12C(=O)N(c3ccc(F)c(Cl)c3)C(=O)C1CC1C(=CCC3C(=O)N(CCc4ccc(O)cc4)C(=O)C31)C2c1ccc(O)c(F)c1. The maximum absolute atomic E-state index is 14.8. The molecule has 6 atom stereocenters. The minimum absolute atomic E-state index is 0.0926. The van der Waals surface area contributed by atoms with Crippen LogP contribution in [0.2, 0.25) is 5.02 Å². The van der Waals surface area contributed by atoms with Gasteiger partial charge in [-0.05, 0) is 85.7 Å². The molecule has 0 radical (unpaired) electrons. The van der Waals surface area contributed by atoms with Crippen LogP contribution in [0.4, 0.5) is 14.5 Å². The molecular weight excluding hydrogens is 618 g/mol. The van der Waals surface area contributed by atoms with Crippen molar-refractivity contribution in [3.63, 3.8) is 0 Å². The summed E-state index contributed by atoms with van der Waals surface area (Å²) in [6, 6.07) is 13.9. The molecule has 6 unspecified atom stereocenters. The molecule has 0 bridgehead atoms. The predicted octanol–water partition coefficient (Wildman–Crippen LogP) is 5.50. The maximum atomic E-state index is 14.8. The van der Waals surface area contributed by atoms with E-state index >= 15 is 0 Å². The summed E-state index contributed by atoms with van der Waals surface area (Å²) in [5.74, 6) is -7.72. The van der Waals surface area contributed by atoms with Crippen LogP contribution in [0.15, 0.2) is 72.3 Å². The standard InChI is InChI=1S/C35H29ClF2N2O6/c1-35-24(32(44)40(34(35)46)19-5-10-26(37)25(36)15-19)16-23-21(30(35)18-4-11-28(42)27(38)14-18)8-9-22-29(23)33(45)39(31(22)43)13-12-17-2-6-20(41)7-3-17/h2-8,10-11,14-15,22-24,29-30,41-42H,9,12-13,16H2,1H3. The number of imide groups is 2. The Morgan fingerprint density at radius 3 is 2.33 bits per heavy atom. The second-order valence-corrected chi connectivity index (χ2v) is 13.1. The molecule has 3 aromatic rings. The first-order valence-corrected chi connectivity index (χ1v) is 15.4. The number of amides is 4. The number of nitrogens with zero attached hydrogens (tertiary/aromatic N) is 2. The molecule has 8 nitrogen and oxygen atoms in total. The van der Waals surface area contributed by atoms with Crippen LogP contribution in [0.5, 0.6) is 11.5 Å². The van der Waals surface area contributed by atoms with E-state index in [0.29, 0.717) is 17.6 Å². The topological polar surface area (TPSA) is 115 Å². The van der Waals surface area contributed by atoms with Crippen LogP contribution in [0.3, 0.4) is 0 Å². The van der Waals surface area contributed by atoms with Crippen molar-refractivity contribution < 1.29 is 38.2 Å². The van der Waals surface area contributed by atoms with Crippen molar-refractivity contribution in [1.82, 2.24) is 4.90 Å². The van der Waals surface area contributed by atoms with E-state index in [9.17, 15) is 38.2 Å². The normalized spacial score (nSPS) is 28.7. The third-order valence-corrected chi connectivity index (χ3v) is 10.7. The van der Waals surface area contributed by atoms with Gasteiger partial charge in [-0.2, -0.15) is 0 Å². The predicted molar refractivity (Wildman–Crippen MR) is 163 cm³/mol. The maximum Gasteiger partial charge on any atom is 0.241 e. The molecule has 2 aliphatic carbocycles. The smallest absolute Gasteiger partial charge is 0.241 e. The highest BCUT2D eigenvalue weighted by molar-refractivity contribution is 6.31. The Hall–Kier alpha value is -4.57. The van der Waals surface area contributed by atoms with Crippen LogP contribution >= 0.6 is 11.6 Å². The van der Waals surface area contributed by atoms with E-state index in [4.69, 9.17) is 11.6 Å². The average Bonchev–Trinajstić information content (AvgIpc) is 3.39. The number of phenolic OH excluding ortho intramolecular Hbond substituents is 2. The minimum Gasteiger partial charge on any atom is -0.508 e. The summed E-state index contributed by atoms with van der Waals surface area (Å²) in [4.78, 5) is 58.4. The average molecular weight is 647 g/mol. The third kappa shape index (κ3) is 4.37. The lowest BCUT2D eigenvalue weighted by molar-refractivity contribution is -0.140. The van der Waals surface area contributed by atoms with Gasteiger partial charge < -0.3 is 10.2 Å². The van der Waals surface area contributed by atoms with Crippen molar-refractivity contribution in [3.05, 3.63) is 100 Å². The van der Waals surface area contributed by atoms with Gasteiger partial charge in [0.2, 0.25) is 23.6 Å². The Morgan fingerprint density at radius 1 is 0.891 bits per heavy atom. The molecule has 3 aromatic carbocycles. The number of rotatable bonds is 5. The van der Waals surface area contributed by atoms with Crippen molar-refractivity contribution in [2.45, 2.75) is 32.1 Å². The van der Waals surface area contributed by atoms with Crippen LogP contribution in [0.1, 0.15) is 36.8 Å². The quantitative estimate of drug-likeness (QED) is 0.279. The van der Waals surface area contributed by atoms with Gasteiger partial charge in [-0.25, -0.2) is 13.7 Å². The number of carbonyl (C=O) groups excluding carboxylic acids is 4. The van der Waals surface area contributed by atoms with Gasteiger partial charge in [-0.3, -0.25) is 24.1 Å². The largest absolute Gasteiger partial charge is 0.508 e. The van der Waals surface area contributed by atoms with Crippen LogP contribution in [0, 0.1) is 40.7 Å². The van der Waals surface area contributed by atoms with Crippen molar-refractivity contribution in [1.29, 1.82) is 0 Å². The lowest BCUT2D eigenvalue weighted by Gasteiger charge is -2.49. The zero-order valence-electron chi connectivity index (χ0n) is 24.6. The summed E-state index contributed by atoms with van der Waals surface area (Å²) in [6.45, 7) is 1.79. The number of allylic oxidation sites excluding steroid dienone is 2. The summed E-state index contributed by atoms with van der Waals surface area (Å²) < 4.78 is 28.9. The minimum atomic E-state index is -1.43. The molecular formula is C35H29ClF2N2O6. The molecule has 2 heterocycles. The first-order chi connectivity index (χ1) is 21.9. The number of hydrogen-bond acceptors (Lipinski definition) is 6. The number of anilines is 1. The van der Waals surface area contributed by atoms with Gasteiger partial charge in [0.15, 0.2) is 11.6 Å². The summed E-state index contributed by atoms with van der Waals surface area (Å²) in [7, 11) is 0. The molecule has 0 spiro atoms. The van der Waals surface area contributed by atoms with Gasteiger partial charge in [0, 0.05) is 12.5 Å². The molecule has 2 aliphatic heterocycles. The summed E-state index contributed by atoms with van der Waals surface area (Å²) in [5, 5.41) is 19.3. The number of benzene rings is 3. The summed E-state index contributed by atoms with van der Waals surface area (Å²) >= 11 is 6.02. The highest BCUT2D eigenvalue weighted by atomic mass is 35.5. The third-order valence-electron chi connectivity index (χ3n) is 10.4. The summed E-state index contributed by atoms with van der Waals surface area (Å²) in [5.41, 5.74) is 0.520. The molecule has 2 N–H and O–H groups in total. The molecule has 236 valence electrons. The number of halogens is 3. The van der Waals surface area contributed by atoms with Gasteiger partial charge in [-0.15, -0.1) is 0 Å². The fourth-order valence-corrected chi connectivity index (χ4v) is 8.33. The van der Waals surface area contributed by atoms with Crippen molar-refractivity contribution in [2.24, 2.45) is 29.1 Å². The fraction of sp³-hybridized carbons (Fsp3) is 0.314. The number of hydrogen-bond donors (Lipinski definition) is 2. The number of fused-ring (bicyclic) bond motifs is 4. The lowest BCUT2D eigenvalue weighted by atomic mass is 9.51. The molecule has 11 heteroatoms. The van der Waals surface area contributed by atoms with Crippen molar-refractivity contribution in [2.75, 3.05) is 11.4 Å². The molecule has 46 heavy (non-hydrogen) atoms. The number of aromatic hydroxyl groups is 2. The Kier molecular flexibility index (Phi) is 7.04. The molecule has 7 rings (SSSR count). The van der Waals surface area contributed by atoms with Crippen molar-refractivity contribution >= 4 is 40.9 Å². The van der Waals surface area contributed by atoms with Gasteiger partial charge in [-0.1, -0.05) is 41.4 Å². The summed E-state index contributed by atoms with van der Waals surface area (Å²) in [6.07, 6.45) is 2.57. The van der Waals surface area contributed by atoms with E-state index in [1.54, 1.807) is 19.1 Å². The van der Waals surface area contributed by atoms with E-state index in [0.717, 1.165) is 22.6 Å². The van der Waals surface area contributed by atoms with Crippen LogP contribution < -0.4 is 4.90 Å². The first-order valence-electron chi connectivity index (χ1n) is 15.1. The number of phenols is 2. The molecule has 0 aromatic heterocycles. The van der Waals surface area contributed by atoms with E-state index in [1.165, 1.54) is 41.3 Å². The van der Waals surface area contributed by atoms with Crippen molar-refractivity contribution in [3.8, 4) is 11.5 Å². The Morgan fingerprint density at radius 2 is 1.63 bits per heavy atom. The van der Waals surface area contributed by atoms with Crippen LogP contribution in [0.25, 0.3) is 0 Å². The van der Waals surface area contributed by atoms with Crippen LogP contribution in [-0.2, 0) is 25.6 Å². The zero-order valence-corrected chi connectivity index (χ0v) is 25.4. The van der Waals surface area contributed by atoms with E-state index < -0.39 is 64.2 Å². The fourth-order valence-electron chi connectivity index (χ4n) is 8.16. The molecule has 1 saturated carbocycles. The van der Waals surface area contributed by atoms with E-state index in [1.807, 2.05) is 6.08 Å². The molecule has 3 fully saturated rings. The highest BCUT2D eigenvalue weighted by Gasteiger charge is 2.67. The molecule has 4 aliphatic rings. The Labute approximate surface area is 267 Å².